The summed E-state index contributed by atoms with van der Waals surface area (Å²) in [5.41, 5.74) is 0.853. The minimum atomic E-state index is -0.352. The third-order valence-electron chi connectivity index (χ3n) is 2.46. The van der Waals surface area contributed by atoms with Gasteiger partial charge in [0, 0.05) is 5.69 Å². The first kappa shape index (κ1) is 12.8. The van der Waals surface area contributed by atoms with Crippen LogP contribution in [0.15, 0.2) is 18.2 Å². The normalized spacial score (nSPS) is 16.3. The van der Waals surface area contributed by atoms with Crippen LogP contribution in [0.2, 0.25) is 0 Å². The number of aryl methyl sites for hydroxylation is 1. The van der Waals surface area contributed by atoms with Crippen LogP contribution in [0.3, 0.4) is 0 Å². The Morgan fingerprint density at radius 2 is 2.22 bits per heavy atom. The van der Waals surface area contributed by atoms with E-state index < -0.39 is 0 Å². The van der Waals surface area contributed by atoms with Gasteiger partial charge in [-0.3, -0.25) is 5.32 Å². The molecule has 1 aliphatic rings. The summed E-state index contributed by atoms with van der Waals surface area (Å²) in [6.07, 6.45) is 0.547. The fourth-order valence-corrected chi connectivity index (χ4v) is 1.60. The second-order valence-corrected chi connectivity index (χ2v) is 4.02. The first-order valence-electron chi connectivity index (χ1n) is 5.96. The number of carbonyl (C=O) groups excluding carboxylic acids is 1. The van der Waals surface area contributed by atoms with Crippen molar-refractivity contribution in [2.24, 2.45) is 0 Å². The summed E-state index contributed by atoms with van der Waals surface area (Å²) in [5.74, 6) is 0.526. The minimum absolute atomic E-state index is 0.314. The fourth-order valence-electron chi connectivity index (χ4n) is 1.60. The van der Waals surface area contributed by atoms with Crippen molar-refractivity contribution in [2.75, 3.05) is 25.1 Å². The van der Waals surface area contributed by atoms with Crippen LogP contribution in [0.4, 0.5) is 10.6 Å². The van der Waals surface area contributed by atoms with Crippen LogP contribution in [0.25, 0.3) is 0 Å². The Morgan fingerprint density at radius 1 is 1.44 bits per heavy atom. The van der Waals surface area contributed by atoms with Crippen LogP contribution in [0.5, 0.6) is 0 Å². The van der Waals surface area contributed by atoms with Gasteiger partial charge in [-0.2, -0.15) is 0 Å². The molecule has 2 N–H and O–H groups in total. The highest BCUT2D eigenvalue weighted by molar-refractivity contribution is 5.88. The largest absolute Gasteiger partial charge is 0.351 e. The van der Waals surface area contributed by atoms with Crippen LogP contribution < -0.4 is 10.6 Å². The van der Waals surface area contributed by atoms with E-state index in [1.165, 1.54) is 0 Å². The molecule has 0 spiro atoms. The molecule has 1 aliphatic heterocycles. The maximum Gasteiger partial charge on any atom is 0.320 e. The number of nitrogens with zero attached hydrogens (tertiary/aromatic N) is 1. The Labute approximate surface area is 106 Å². The smallest absolute Gasteiger partial charge is 0.320 e. The summed E-state index contributed by atoms with van der Waals surface area (Å²) in [6, 6.07) is 5.13. The summed E-state index contributed by atoms with van der Waals surface area (Å²) < 4.78 is 10.6. The minimum Gasteiger partial charge on any atom is -0.351 e. The van der Waals surface area contributed by atoms with Gasteiger partial charge in [0.2, 0.25) is 0 Å². The summed E-state index contributed by atoms with van der Waals surface area (Å²) in [4.78, 5) is 15.8. The third-order valence-corrected chi connectivity index (χ3v) is 2.46. The first-order chi connectivity index (χ1) is 8.74. The van der Waals surface area contributed by atoms with Gasteiger partial charge >= 0.3 is 6.03 Å². The standard InChI is InChI=1S/C12H17N3O3/c1-9-4-2-5-10(14-9)15-12(16)13-8-11-17-6-3-7-18-11/h2,4-5,11H,3,6-8H2,1H3,(H2,13,14,15,16). The Morgan fingerprint density at radius 3 is 2.94 bits per heavy atom. The molecule has 0 saturated carbocycles. The van der Waals surface area contributed by atoms with E-state index >= 15 is 0 Å². The predicted molar refractivity (Wildman–Crippen MR) is 66.3 cm³/mol. The Kier molecular flexibility index (Phi) is 4.49. The van der Waals surface area contributed by atoms with E-state index in [2.05, 4.69) is 15.6 Å². The maximum absolute atomic E-state index is 11.6. The third kappa shape index (κ3) is 3.97. The molecule has 2 rings (SSSR count). The number of amides is 2. The SMILES string of the molecule is Cc1cccc(NC(=O)NCC2OCCCO2)n1. The van der Waals surface area contributed by atoms with Gasteiger partial charge in [0.15, 0.2) is 6.29 Å². The lowest BCUT2D eigenvalue weighted by molar-refractivity contribution is -0.173. The van der Waals surface area contributed by atoms with E-state index in [9.17, 15) is 4.79 Å². The van der Waals surface area contributed by atoms with Gasteiger partial charge in [-0.25, -0.2) is 9.78 Å². The summed E-state index contributed by atoms with van der Waals surface area (Å²) in [7, 11) is 0. The van der Waals surface area contributed by atoms with Gasteiger partial charge in [0.1, 0.15) is 5.82 Å². The van der Waals surface area contributed by atoms with Crippen molar-refractivity contribution in [1.29, 1.82) is 0 Å². The fraction of sp³-hybridized carbons (Fsp3) is 0.500. The first-order valence-corrected chi connectivity index (χ1v) is 5.96. The highest BCUT2D eigenvalue weighted by Crippen LogP contribution is 2.05. The van der Waals surface area contributed by atoms with Gasteiger partial charge < -0.3 is 14.8 Å². The van der Waals surface area contributed by atoms with E-state index in [-0.39, 0.29) is 12.3 Å². The predicted octanol–water partition coefficient (Wildman–Crippen LogP) is 1.27. The number of anilines is 1. The lowest BCUT2D eigenvalue weighted by Gasteiger charge is -2.23. The van der Waals surface area contributed by atoms with E-state index in [4.69, 9.17) is 9.47 Å². The number of carbonyl (C=O) groups is 1. The zero-order valence-corrected chi connectivity index (χ0v) is 10.3. The van der Waals surface area contributed by atoms with Crippen molar-refractivity contribution < 1.29 is 14.3 Å². The molecule has 0 aliphatic carbocycles. The molecule has 6 nitrogen and oxygen atoms in total. The second kappa shape index (κ2) is 6.32. The quantitative estimate of drug-likeness (QED) is 0.848. The van der Waals surface area contributed by atoms with Crippen molar-refractivity contribution in [3.05, 3.63) is 23.9 Å². The van der Waals surface area contributed by atoms with Gasteiger partial charge in [0.05, 0.1) is 19.8 Å². The molecule has 0 bridgehead atoms. The van der Waals surface area contributed by atoms with Gasteiger partial charge in [0.25, 0.3) is 0 Å². The van der Waals surface area contributed by atoms with Crippen LogP contribution in [-0.2, 0) is 9.47 Å². The van der Waals surface area contributed by atoms with E-state index in [0.29, 0.717) is 25.6 Å². The van der Waals surface area contributed by atoms with Gasteiger partial charge in [-0.1, -0.05) is 6.07 Å². The van der Waals surface area contributed by atoms with Crippen molar-refractivity contribution in [1.82, 2.24) is 10.3 Å². The molecule has 6 heteroatoms. The number of urea groups is 1. The number of hydrogen-bond acceptors (Lipinski definition) is 4. The van der Waals surface area contributed by atoms with Crippen molar-refractivity contribution >= 4 is 11.8 Å². The average Bonchev–Trinajstić information content (AvgIpc) is 2.38. The van der Waals surface area contributed by atoms with Crippen molar-refractivity contribution in [3.8, 4) is 0 Å². The Balaban J connectivity index is 1.74. The topological polar surface area (TPSA) is 72.5 Å². The molecule has 1 aromatic rings. The van der Waals surface area contributed by atoms with Crippen LogP contribution in [0.1, 0.15) is 12.1 Å². The molecule has 2 amide bonds. The molecule has 0 unspecified atom stereocenters. The van der Waals surface area contributed by atoms with Crippen molar-refractivity contribution in [3.63, 3.8) is 0 Å². The number of aromatic nitrogens is 1. The lowest BCUT2D eigenvalue weighted by atomic mass is 10.4. The molecule has 0 aromatic carbocycles. The van der Waals surface area contributed by atoms with E-state index in [1.807, 2.05) is 19.1 Å². The molecule has 1 aromatic heterocycles. The molecule has 2 heterocycles. The molecular formula is C12H17N3O3. The zero-order chi connectivity index (χ0) is 12.8. The summed E-state index contributed by atoms with van der Waals surface area (Å²) >= 11 is 0. The zero-order valence-electron chi connectivity index (χ0n) is 10.3. The number of rotatable bonds is 3. The molecule has 1 fully saturated rings. The molecule has 0 atom stereocenters. The highest BCUT2D eigenvalue weighted by Gasteiger charge is 2.14. The molecule has 1 saturated heterocycles. The van der Waals surface area contributed by atoms with Crippen LogP contribution >= 0.6 is 0 Å². The van der Waals surface area contributed by atoms with Gasteiger partial charge in [-0.05, 0) is 25.5 Å². The number of ether oxygens (including phenoxy) is 2. The summed E-state index contributed by atoms with van der Waals surface area (Å²) in [5, 5.41) is 5.33. The van der Waals surface area contributed by atoms with Crippen molar-refractivity contribution in [2.45, 2.75) is 19.6 Å². The molecular weight excluding hydrogens is 234 g/mol. The average molecular weight is 251 g/mol. The van der Waals surface area contributed by atoms with Gasteiger partial charge in [-0.15, -0.1) is 0 Å². The molecule has 0 radical (unpaired) electrons. The number of nitrogens with one attached hydrogen (secondary N) is 2. The molecule has 98 valence electrons. The van der Waals surface area contributed by atoms with Crippen LogP contribution in [0, 0.1) is 6.92 Å². The Bertz CT molecular complexity index is 405. The highest BCUT2D eigenvalue weighted by atomic mass is 16.7. The maximum atomic E-state index is 11.6. The lowest BCUT2D eigenvalue weighted by Crippen LogP contribution is -2.39. The number of pyridine rings is 1. The second-order valence-electron chi connectivity index (χ2n) is 4.02. The summed E-state index contributed by atoms with van der Waals surface area (Å²) in [6.45, 7) is 3.55. The van der Waals surface area contributed by atoms with Crippen LogP contribution in [-0.4, -0.2) is 37.1 Å². The monoisotopic (exact) mass is 251 g/mol. The number of hydrogen-bond donors (Lipinski definition) is 2. The molecule has 18 heavy (non-hydrogen) atoms. The van der Waals surface area contributed by atoms with E-state index in [0.717, 1.165) is 12.1 Å². The Hall–Kier alpha value is -1.66. The van der Waals surface area contributed by atoms with E-state index in [1.54, 1.807) is 6.07 Å².